The maximum Gasteiger partial charge on any atom is 0.259 e. The number of thiophene rings is 1. The molecule has 0 unspecified atom stereocenters. The molecular formula is C21H19N3OS. The molecule has 0 atom stereocenters. The average Bonchev–Trinajstić information content (AvgIpc) is 3.03. The molecule has 1 amide bonds. The van der Waals surface area contributed by atoms with Crippen LogP contribution in [0.5, 0.6) is 0 Å². The molecule has 26 heavy (non-hydrogen) atoms. The van der Waals surface area contributed by atoms with Gasteiger partial charge in [0.15, 0.2) is 0 Å². The normalized spacial score (nSPS) is 14.0. The molecule has 0 N–H and O–H groups in total. The van der Waals surface area contributed by atoms with Gasteiger partial charge in [0.1, 0.15) is 11.1 Å². The highest BCUT2D eigenvalue weighted by molar-refractivity contribution is 7.16. The average molecular weight is 361 g/mol. The van der Waals surface area contributed by atoms with Gasteiger partial charge in [-0.25, -0.2) is 0 Å². The van der Waals surface area contributed by atoms with Gasteiger partial charge < -0.3 is 9.80 Å². The first-order chi connectivity index (χ1) is 12.6. The predicted molar refractivity (Wildman–Crippen MR) is 106 cm³/mol. The second kappa shape index (κ2) is 6.56. The molecule has 4 rings (SSSR count). The number of fused-ring (bicyclic) bond motifs is 2. The number of carbonyl (C=O) groups excluding carboxylic acids is 1. The molecule has 1 aliphatic rings. The summed E-state index contributed by atoms with van der Waals surface area (Å²) in [7, 11) is 3.85. The lowest BCUT2D eigenvalue weighted by Crippen LogP contribution is -2.26. The van der Waals surface area contributed by atoms with E-state index in [4.69, 9.17) is 0 Å². The maximum atomic E-state index is 13.2. The Morgan fingerprint density at radius 1 is 1.23 bits per heavy atom. The molecule has 5 heteroatoms. The molecule has 0 fully saturated rings. The van der Waals surface area contributed by atoms with Crippen molar-refractivity contribution in [3.05, 3.63) is 64.0 Å². The third-order valence-corrected chi connectivity index (χ3v) is 6.26. The lowest BCUT2D eigenvalue weighted by Gasteiger charge is -2.21. The smallest absolute Gasteiger partial charge is 0.259 e. The summed E-state index contributed by atoms with van der Waals surface area (Å²) in [6, 6.07) is 16.0. The van der Waals surface area contributed by atoms with Gasteiger partial charge in [-0.2, -0.15) is 5.26 Å². The van der Waals surface area contributed by atoms with Gasteiger partial charge >= 0.3 is 0 Å². The van der Waals surface area contributed by atoms with Crippen LogP contribution in [-0.4, -0.2) is 31.4 Å². The van der Waals surface area contributed by atoms with E-state index in [1.54, 1.807) is 23.3 Å². The van der Waals surface area contributed by atoms with Crippen LogP contribution in [0, 0.1) is 11.3 Å². The summed E-state index contributed by atoms with van der Waals surface area (Å²) in [6.07, 6.45) is 0.863. The van der Waals surface area contributed by atoms with Gasteiger partial charge in [0.2, 0.25) is 0 Å². The first-order valence-electron chi connectivity index (χ1n) is 8.59. The summed E-state index contributed by atoms with van der Waals surface area (Å²) >= 11 is 1.57. The van der Waals surface area contributed by atoms with Crippen molar-refractivity contribution in [3.63, 3.8) is 0 Å². The quantitative estimate of drug-likeness (QED) is 0.692. The van der Waals surface area contributed by atoms with E-state index in [9.17, 15) is 10.1 Å². The van der Waals surface area contributed by atoms with Gasteiger partial charge in [0.05, 0.1) is 5.56 Å². The summed E-state index contributed by atoms with van der Waals surface area (Å²) in [5.41, 5.74) is 2.44. The molecule has 0 saturated carbocycles. The second-order valence-corrected chi connectivity index (χ2v) is 7.76. The number of amides is 1. The third kappa shape index (κ3) is 2.68. The van der Waals surface area contributed by atoms with E-state index >= 15 is 0 Å². The summed E-state index contributed by atoms with van der Waals surface area (Å²) in [6.45, 7) is 1.78. The molecule has 1 aliphatic heterocycles. The Morgan fingerprint density at radius 2 is 2.00 bits per heavy atom. The molecule has 0 spiro atoms. The van der Waals surface area contributed by atoms with Crippen molar-refractivity contribution in [1.29, 1.82) is 5.26 Å². The Labute approximate surface area is 156 Å². The zero-order valence-corrected chi connectivity index (χ0v) is 15.6. The summed E-state index contributed by atoms with van der Waals surface area (Å²) in [5.74, 6) is -0.0785. The SMILES string of the molecule is CN1CCc2c(sc(N(C)C(=O)c3cccc4ccccc34)c2C#N)C1. The van der Waals surface area contributed by atoms with Gasteiger partial charge in [-0.05, 0) is 35.9 Å². The zero-order valence-electron chi connectivity index (χ0n) is 14.8. The number of anilines is 1. The van der Waals surface area contributed by atoms with Crippen molar-refractivity contribution in [2.45, 2.75) is 13.0 Å². The molecule has 0 aliphatic carbocycles. The number of nitrogens with zero attached hydrogens (tertiary/aromatic N) is 3. The molecule has 4 nitrogen and oxygen atoms in total. The lowest BCUT2D eigenvalue weighted by atomic mass is 10.0. The fraction of sp³-hybridized carbons (Fsp3) is 0.238. The Morgan fingerprint density at radius 3 is 2.81 bits per heavy atom. The van der Waals surface area contributed by atoms with Gasteiger partial charge in [-0.1, -0.05) is 36.4 Å². The molecule has 0 saturated heterocycles. The van der Waals surface area contributed by atoms with Crippen molar-refractivity contribution in [2.24, 2.45) is 0 Å². The molecule has 0 bridgehead atoms. The van der Waals surface area contributed by atoms with Crippen molar-refractivity contribution in [1.82, 2.24) is 4.90 Å². The third-order valence-electron chi connectivity index (χ3n) is 4.97. The van der Waals surface area contributed by atoms with Crippen LogP contribution in [0.2, 0.25) is 0 Å². The lowest BCUT2D eigenvalue weighted by molar-refractivity contribution is 0.0995. The first kappa shape index (κ1) is 16.8. The first-order valence-corrected chi connectivity index (χ1v) is 9.41. The van der Waals surface area contributed by atoms with Crippen molar-refractivity contribution in [2.75, 3.05) is 25.5 Å². The standard InChI is InChI=1S/C21H19N3OS/c1-23-11-10-16-18(12-22)21(26-19(16)13-23)24(2)20(25)17-9-5-7-14-6-3-4-8-15(14)17/h3-9H,10-11,13H2,1-2H3. The molecule has 0 radical (unpaired) electrons. The van der Waals surface area contributed by atoms with Crippen molar-refractivity contribution >= 4 is 33.0 Å². The van der Waals surface area contributed by atoms with Crippen molar-refractivity contribution < 1.29 is 4.79 Å². The van der Waals surface area contributed by atoms with E-state index in [-0.39, 0.29) is 5.91 Å². The summed E-state index contributed by atoms with van der Waals surface area (Å²) in [5, 5.41) is 12.4. The van der Waals surface area contributed by atoms with E-state index in [0.717, 1.165) is 40.8 Å². The van der Waals surface area contributed by atoms with Crippen LogP contribution in [0.3, 0.4) is 0 Å². The maximum absolute atomic E-state index is 13.2. The second-order valence-electron chi connectivity index (χ2n) is 6.67. The number of hydrogen-bond donors (Lipinski definition) is 0. The van der Waals surface area contributed by atoms with E-state index in [2.05, 4.69) is 18.0 Å². The Kier molecular flexibility index (Phi) is 4.23. The molecule has 130 valence electrons. The van der Waals surface area contributed by atoms with E-state index in [1.807, 2.05) is 42.5 Å². The van der Waals surface area contributed by atoms with E-state index < -0.39 is 0 Å². The fourth-order valence-electron chi connectivity index (χ4n) is 3.55. The largest absolute Gasteiger partial charge is 0.302 e. The minimum atomic E-state index is -0.0785. The number of likely N-dealkylation sites (N-methyl/N-ethyl adjacent to an activating group) is 1. The van der Waals surface area contributed by atoms with Crippen LogP contribution in [0.25, 0.3) is 10.8 Å². The highest BCUT2D eigenvalue weighted by Gasteiger charge is 2.27. The number of rotatable bonds is 2. The Hall–Kier alpha value is -2.68. The fourth-order valence-corrected chi connectivity index (χ4v) is 4.89. The predicted octanol–water partition coefficient (Wildman–Crippen LogP) is 4.04. The monoisotopic (exact) mass is 361 g/mol. The minimum absolute atomic E-state index is 0.0785. The number of nitriles is 1. The number of benzene rings is 2. The van der Waals surface area contributed by atoms with Gasteiger partial charge in [0.25, 0.3) is 5.91 Å². The van der Waals surface area contributed by atoms with Crippen LogP contribution in [0.15, 0.2) is 42.5 Å². The zero-order chi connectivity index (χ0) is 18.3. The van der Waals surface area contributed by atoms with Crippen LogP contribution in [0.1, 0.15) is 26.4 Å². The van der Waals surface area contributed by atoms with Crippen LogP contribution >= 0.6 is 11.3 Å². The van der Waals surface area contributed by atoms with Crippen LogP contribution in [0.4, 0.5) is 5.00 Å². The summed E-state index contributed by atoms with van der Waals surface area (Å²) in [4.78, 5) is 18.3. The van der Waals surface area contributed by atoms with Crippen molar-refractivity contribution in [3.8, 4) is 6.07 Å². The molecule has 2 heterocycles. The van der Waals surface area contributed by atoms with Gasteiger partial charge in [-0.3, -0.25) is 4.79 Å². The highest BCUT2D eigenvalue weighted by Crippen LogP contribution is 2.39. The minimum Gasteiger partial charge on any atom is -0.302 e. The van der Waals surface area contributed by atoms with Gasteiger partial charge in [-0.15, -0.1) is 11.3 Å². The molecular weight excluding hydrogens is 342 g/mol. The van der Waals surface area contributed by atoms with E-state index in [1.165, 1.54) is 4.88 Å². The van der Waals surface area contributed by atoms with Crippen LogP contribution in [-0.2, 0) is 13.0 Å². The molecule has 2 aromatic carbocycles. The summed E-state index contributed by atoms with van der Waals surface area (Å²) < 4.78 is 0. The topological polar surface area (TPSA) is 47.3 Å². The molecule has 3 aromatic rings. The molecule has 1 aromatic heterocycles. The Balaban J connectivity index is 1.77. The highest BCUT2D eigenvalue weighted by atomic mass is 32.1. The number of hydrogen-bond acceptors (Lipinski definition) is 4. The number of carbonyl (C=O) groups is 1. The van der Waals surface area contributed by atoms with E-state index in [0.29, 0.717) is 11.1 Å². The van der Waals surface area contributed by atoms with Crippen LogP contribution < -0.4 is 4.90 Å². The van der Waals surface area contributed by atoms with Gasteiger partial charge in [0, 0.05) is 30.6 Å². The Bertz CT molecular complexity index is 1040.